The summed E-state index contributed by atoms with van der Waals surface area (Å²) < 4.78 is 0. The lowest BCUT2D eigenvalue weighted by molar-refractivity contribution is 0.103. The summed E-state index contributed by atoms with van der Waals surface area (Å²) in [6.07, 6.45) is 0. The molecule has 2 aromatic carbocycles. The molecule has 2 rings (SSSR count). The maximum Gasteiger partial charge on any atom is 0.196 e. The Hall–Kier alpha value is -2.49. The Balaban J connectivity index is 2.43. The zero-order chi connectivity index (χ0) is 12.4. The highest BCUT2D eigenvalue weighted by Crippen LogP contribution is 2.25. The van der Waals surface area contributed by atoms with E-state index < -0.39 is 5.78 Å². The van der Waals surface area contributed by atoms with Gasteiger partial charge >= 0.3 is 0 Å². The topological polar surface area (TPSA) is 77.8 Å². The molecule has 0 aromatic heterocycles. The molecule has 0 amide bonds. The minimum Gasteiger partial charge on any atom is -0.508 e. The fraction of sp³-hybridized carbons (Fsp3) is 0. The van der Waals surface area contributed by atoms with Crippen LogP contribution in [-0.4, -0.2) is 21.1 Å². The van der Waals surface area contributed by atoms with Gasteiger partial charge in [0.1, 0.15) is 17.2 Å². The number of benzene rings is 2. The van der Waals surface area contributed by atoms with Crippen LogP contribution in [0.4, 0.5) is 0 Å². The summed E-state index contributed by atoms with van der Waals surface area (Å²) in [5, 5.41) is 27.9. The second-order valence-corrected chi connectivity index (χ2v) is 3.58. The Labute approximate surface area is 97.4 Å². The van der Waals surface area contributed by atoms with Gasteiger partial charge in [0, 0.05) is 5.56 Å². The van der Waals surface area contributed by atoms with Gasteiger partial charge in [0.05, 0.1) is 5.56 Å². The minimum absolute atomic E-state index is 0.0238. The van der Waals surface area contributed by atoms with Gasteiger partial charge in [0.15, 0.2) is 5.78 Å². The van der Waals surface area contributed by atoms with Gasteiger partial charge in [-0.25, -0.2) is 0 Å². The highest BCUT2D eigenvalue weighted by Gasteiger charge is 2.14. The first kappa shape index (κ1) is 11.0. The van der Waals surface area contributed by atoms with Gasteiger partial charge in [-0.1, -0.05) is 0 Å². The van der Waals surface area contributed by atoms with Gasteiger partial charge < -0.3 is 15.3 Å². The van der Waals surface area contributed by atoms with Crippen molar-refractivity contribution < 1.29 is 20.1 Å². The lowest BCUT2D eigenvalue weighted by Gasteiger charge is -2.04. The van der Waals surface area contributed by atoms with Gasteiger partial charge in [0.25, 0.3) is 0 Å². The summed E-state index contributed by atoms with van der Waals surface area (Å²) in [5.74, 6) is -0.647. The predicted octanol–water partition coefficient (Wildman–Crippen LogP) is 2.03. The van der Waals surface area contributed by atoms with Crippen molar-refractivity contribution in [2.24, 2.45) is 0 Å². The second-order valence-electron chi connectivity index (χ2n) is 3.58. The Morgan fingerprint density at radius 1 is 0.824 bits per heavy atom. The SMILES string of the molecule is O=C(c1ccc(O)cc1)c1cc(O)ccc1O. The smallest absolute Gasteiger partial charge is 0.196 e. The van der Waals surface area contributed by atoms with Gasteiger partial charge in [-0.2, -0.15) is 0 Å². The standard InChI is InChI=1S/C13H10O4/c14-9-3-1-8(2-4-9)13(17)11-7-10(15)5-6-12(11)16/h1-7,14-16H. The lowest BCUT2D eigenvalue weighted by Crippen LogP contribution is -2.01. The van der Waals surface area contributed by atoms with Crippen LogP contribution in [0.3, 0.4) is 0 Å². The molecule has 0 heterocycles. The average molecular weight is 230 g/mol. The lowest BCUT2D eigenvalue weighted by atomic mass is 10.0. The number of carbonyl (C=O) groups excluding carboxylic acids is 1. The van der Waals surface area contributed by atoms with Crippen LogP contribution in [-0.2, 0) is 0 Å². The van der Waals surface area contributed by atoms with E-state index in [1.165, 1.54) is 42.5 Å². The summed E-state index contributed by atoms with van der Waals surface area (Å²) in [7, 11) is 0. The third-order valence-corrected chi connectivity index (χ3v) is 2.35. The van der Waals surface area contributed by atoms with Gasteiger partial charge in [-0.15, -0.1) is 0 Å². The third kappa shape index (κ3) is 2.20. The molecule has 86 valence electrons. The Bertz CT molecular complexity index is 558. The molecule has 0 radical (unpaired) electrons. The van der Waals surface area contributed by atoms with E-state index in [0.717, 1.165) is 0 Å². The number of hydrogen-bond donors (Lipinski definition) is 3. The van der Waals surface area contributed by atoms with Gasteiger partial charge in [-0.05, 0) is 42.5 Å². The molecule has 4 nitrogen and oxygen atoms in total. The number of aromatic hydroxyl groups is 3. The number of phenolic OH excluding ortho intramolecular Hbond substituents is 3. The van der Waals surface area contributed by atoms with Crippen LogP contribution < -0.4 is 0 Å². The van der Waals surface area contributed by atoms with Crippen molar-refractivity contribution in [1.82, 2.24) is 0 Å². The number of hydrogen-bond acceptors (Lipinski definition) is 4. The largest absolute Gasteiger partial charge is 0.508 e. The molecule has 0 aliphatic heterocycles. The predicted molar refractivity (Wildman–Crippen MR) is 61.3 cm³/mol. The van der Waals surface area contributed by atoms with E-state index in [9.17, 15) is 15.0 Å². The normalized spacial score (nSPS) is 10.1. The van der Waals surface area contributed by atoms with Crippen LogP contribution >= 0.6 is 0 Å². The molecule has 17 heavy (non-hydrogen) atoms. The van der Waals surface area contributed by atoms with Crippen molar-refractivity contribution in [3.63, 3.8) is 0 Å². The first-order valence-corrected chi connectivity index (χ1v) is 4.93. The molecule has 4 heteroatoms. The summed E-state index contributed by atoms with van der Waals surface area (Å²) in [6.45, 7) is 0. The number of carbonyl (C=O) groups is 1. The monoisotopic (exact) mass is 230 g/mol. The molecular weight excluding hydrogens is 220 g/mol. The maximum absolute atomic E-state index is 12.0. The highest BCUT2D eigenvalue weighted by molar-refractivity contribution is 6.10. The summed E-state index contributed by atoms with van der Waals surface area (Å²) in [6, 6.07) is 9.40. The van der Waals surface area contributed by atoms with Crippen LogP contribution in [0, 0.1) is 0 Å². The van der Waals surface area contributed by atoms with Crippen LogP contribution in [0.5, 0.6) is 17.2 Å². The minimum atomic E-state index is -0.418. The second kappa shape index (κ2) is 4.17. The van der Waals surface area contributed by atoms with Crippen LogP contribution in [0.1, 0.15) is 15.9 Å². The fourth-order valence-electron chi connectivity index (χ4n) is 1.47. The molecule has 0 aliphatic carbocycles. The first-order chi connectivity index (χ1) is 8.08. The van der Waals surface area contributed by atoms with Crippen molar-refractivity contribution in [2.75, 3.05) is 0 Å². The molecule has 0 aliphatic rings. The van der Waals surface area contributed by atoms with Crippen LogP contribution in [0.15, 0.2) is 42.5 Å². The quantitative estimate of drug-likeness (QED) is 0.545. The van der Waals surface area contributed by atoms with Crippen molar-refractivity contribution in [3.8, 4) is 17.2 Å². The Kier molecular flexibility index (Phi) is 2.70. The fourth-order valence-corrected chi connectivity index (χ4v) is 1.47. The molecule has 0 unspecified atom stereocenters. The summed E-state index contributed by atoms with van der Waals surface area (Å²) in [5.41, 5.74) is 0.347. The van der Waals surface area contributed by atoms with E-state index in [1.807, 2.05) is 0 Å². The highest BCUT2D eigenvalue weighted by atomic mass is 16.3. The number of phenols is 3. The zero-order valence-corrected chi connectivity index (χ0v) is 8.79. The Morgan fingerprint density at radius 3 is 2.06 bits per heavy atom. The molecule has 0 saturated heterocycles. The third-order valence-electron chi connectivity index (χ3n) is 2.35. The van der Waals surface area contributed by atoms with E-state index >= 15 is 0 Å². The van der Waals surface area contributed by atoms with E-state index in [1.54, 1.807) is 0 Å². The summed E-state index contributed by atoms with van der Waals surface area (Å²) >= 11 is 0. The van der Waals surface area contributed by atoms with Gasteiger partial charge in [-0.3, -0.25) is 4.79 Å². The molecular formula is C13H10O4. The maximum atomic E-state index is 12.0. The van der Waals surface area contributed by atoms with E-state index in [2.05, 4.69) is 0 Å². The van der Waals surface area contributed by atoms with Gasteiger partial charge in [0.2, 0.25) is 0 Å². The summed E-state index contributed by atoms with van der Waals surface area (Å²) in [4.78, 5) is 12.0. The molecule has 0 bridgehead atoms. The van der Waals surface area contributed by atoms with Crippen molar-refractivity contribution in [1.29, 1.82) is 0 Å². The zero-order valence-electron chi connectivity index (χ0n) is 8.79. The van der Waals surface area contributed by atoms with Crippen LogP contribution in [0.25, 0.3) is 0 Å². The average Bonchev–Trinajstić information content (AvgIpc) is 2.32. The molecule has 0 spiro atoms. The van der Waals surface area contributed by atoms with Crippen molar-refractivity contribution in [3.05, 3.63) is 53.6 Å². The van der Waals surface area contributed by atoms with E-state index in [0.29, 0.717) is 5.56 Å². The molecule has 0 atom stereocenters. The molecule has 3 N–H and O–H groups in total. The number of rotatable bonds is 2. The number of ketones is 1. The van der Waals surface area contributed by atoms with Crippen molar-refractivity contribution >= 4 is 5.78 Å². The van der Waals surface area contributed by atoms with E-state index in [4.69, 9.17) is 5.11 Å². The first-order valence-electron chi connectivity index (χ1n) is 4.93. The molecule has 2 aromatic rings. The van der Waals surface area contributed by atoms with Crippen LogP contribution in [0.2, 0.25) is 0 Å². The molecule has 0 saturated carbocycles. The van der Waals surface area contributed by atoms with Crippen molar-refractivity contribution in [2.45, 2.75) is 0 Å². The van der Waals surface area contributed by atoms with E-state index in [-0.39, 0.29) is 22.8 Å². The molecule has 0 fully saturated rings. The Morgan fingerprint density at radius 2 is 1.41 bits per heavy atom.